The van der Waals surface area contributed by atoms with Crippen molar-refractivity contribution in [3.05, 3.63) is 83.9 Å². The Labute approximate surface area is 218 Å². The second-order valence-corrected chi connectivity index (χ2v) is 8.61. The molecule has 0 aliphatic heterocycles. The summed E-state index contributed by atoms with van der Waals surface area (Å²) < 4.78 is 10.3. The van der Waals surface area contributed by atoms with E-state index < -0.39 is 24.1 Å². The predicted molar refractivity (Wildman–Crippen MR) is 143 cm³/mol. The molecule has 0 aromatic heterocycles. The van der Waals surface area contributed by atoms with Crippen molar-refractivity contribution >= 4 is 28.7 Å². The van der Waals surface area contributed by atoms with Gasteiger partial charge in [0, 0.05) is 7.85 Å². The number of fused-ring (bicyclic) bond motifs is 1. The molecular weight excluding hydrogens is 470 g/mol. The number of esters is 1. The first-order valence-corrected chi connectivity index (χ1v) is 12.2. The van der Waals surface area contributed by atoms with Crippen molar-refractivity contribution in [3.8, 4) is 0 Å². The van der Waals surface area contributed by atoms with Crippen LogP contribution in [0.3, 0.4) is 0 Å². The molecule has 9 nitrogen and oxygen atoms in total. The van der Waals surface area contributed by atoms with E-state index in [1.54, 1.807) is 0 Å². The predicted octanol–water partition coefficient (Wildman–Crippen LogP) is 5.88. The molecule has 196 valence electrons. The Kier molecular flexibility index (Phi) is 10.1. The molecule has 0 aliphatic carbocycles. The van der Waals surface area contributed by atoms with Crippen LogP contribution in [0.15, 0.2) is 78.0 Å². The number of unbranched alkanes of at least 4 members (excludes halogenated alkanes) is 1. The SMILES string of the molecule is CCCCC(C(=O)OC)N(N=N)C(=N)[C@H](Cc1cccc2ccccc12)NC(=O)OCc1ccccc1.[HH]. The number of hydrogen-bond donors (Lipinski definition) is 3. The molecule has 3 N–H and O–H groups in total. The molecule has 0 saturated heterocycles. The summed E-state index contributed by atoms with van der Waals surface area (Å²) in [7, 11) is 1.26. The first-order valence-electron chi connectivity index (χ1n) is 12.2. The molecule has 1 unspecified atom stereocenters. The number of carbonyl (C=O) groups is 2. The summed E-state index contributed by atoms with van der Waals surface area (Å²) in [5, 5.41) is 18.2. The molecule has 0 fully saturated rings. The van der Waals surface area contributed by atoms with E-state index in [2.05, 4.69) is 10.5 Å². The van der Waals surface area contributed by atoms with Gasteiger partial charge in [0.05, 0.1) is 13.2 Å². The minimum absolute atomic E-state index is 0. The Bertz CT molecular complexity index is 1220. The quantitative estimate of drug-likeness (QED) is 0.0931. The molecule has 9 heteroatoms. The highest BCUT2D eigenvalue weighted by Crippen LogP contribution is 2.22. The lowest BCUT2D eigenvalue weighted by molar-refractivity contribution is -0.146. The molecule has 0 bridgehead atoms. The highest BCUT2D eigenvalue weighted by atomic mass is 16.5. The van der Waals surface area contributed by atoms with Crippen LogP contribution < -0.4 is 5.32 Å². The van der Waals surface area contributed by atoms with Gasteiger partial charge in [-0.1, -0.05) is 97.8 Å². The van der Waals surface area contributed by atoms with Gasteiger partial charge >= 0.3 is 12.1 Å². The van der Waals surface area contributed by atoms with Gasteiger partial charge in [0.25, 0.3) is 0 Å². The summed E-state index contributed by atoms with van der Waals surface area (Å²) in [4.78, 5) is 25.4. The zero-order valence-corrected chi connectivity index (χ0v) is 21.1. The number of nitrogens with zero attached hydrogens (tertiary/aromatic N) is 2. The van der Waals surface area contributed by atoms with E-state index in [-0.39, 0.29) is 20.3 Å². The zero-order chi connectivity index (χ0) is 26.6. The van der Waals surface area contributed by atoms with Gasteiger partial charge in [-0.3, -0.25) is 5.41 Å². The lowest BCUT2D eigenvalue weighted by atomic mass is 9.97. The third-order valence-electron chi connectivity index (χ3n) is 6.09. The van der Waals surface area contributed by atoms with Crippen molar-refractivity contribution in [2.45, 2.75) is 51.3 Å². The average molecular weight is 506 g/mol. The number of benzene rings is 3. The Morgan fingerprint density at radius 3 is 2.46 bits per heavy atom. The van der Waals surface area contributed by atoms with Gasteiger partial charge in [-0.15, -0.1) is 0 Å². The lowest BCUT2D eigenvalue weighted by Gasteiger charge is -2.30. The van der Waals surface area contributed by atoms with Crippen LogP contribution >= 0.6 is 0 Å². The van der Waals surface area contributed by atoms with Gasteiger partial charge in [0.2, 0.25) is 0 Å². The molecule has 0 radical (unpaired) electrons. The van der Waals surface area contributed by atoms with Crippen molar-refractivity contribution in [2.75, 3.05) is 7.11 Å². The second-order valence-electron chi connectivity index (χ2n) is 8.61. The lowest BCUT2D eigenvalue weighted by Crippen LogP contribution is -2.52. The summed E-state index contributed by atoms with van der Waals surface area (Å²) in [6.45, 7) is 2.05. The largest absolute Gasteiger partial charge is 0.467 e. The van der Waals surface area contributed by atoms with Crippen LogP contribution in [0.5, 0.6) is 0 Å². The Balaban J connectivity index is 0.00000507. The van der Waals surface area contributed by atoms with E-state index in [0.29, 0.717) is 12.8 Å². The van der Waals surface area contributed by atoms with Gasteiger partial charge in [0.1, 0.15) is 12.4 Å². The van der Waals surface area contributed by atoms with Crippen LogP contribution in [0, 0.1) is 10.9 Å². The zero-order valence-electron chi connectivity index (χ0n) is 21.1. The number of rotatable bonds is 12. The number of ether oxygens (including phenoxy) is 2. The van der Waals surface area contributed by atoms with Crippen molar-refractivity contribution < 1.29 is 20.5 Å². The minimum Gasteiger partial charge on any atom is -0.467 e. The summed E-state index contributed by atoms with van der Waals surface area (Å²) >= 11 is 0. The number of amides is 1. The maximum atomic E-state index is 12.8. The smallest absolute Gasteiger partial charge is 0.408 e. The van der Waals surface area contributed by atoms with Gasteiger partial charge in [-0.25, -0.2) is 14.6 Å². The Morgan fingerprint density at radius 1 is 1.05 bits per heavy atom. The molecule has 0 aliphatic rings. The standard InChI is InChI=1S/C28H33N5O4.H2/c1-3-4-17-25(27(34)36-2)33(32-30)26(29)24(31-28(35)37-19-20-11-6-5-7-12-20)18-22-15-10-14-21-13-8-9-16-23(21)22;/h5-16,24-25,29-30H,3-4,17-19H2,1-2H3,(H,31,35);1H/t24-,25?;/m0./s1. The fraction of sp³-hybridized carbons (Fsp3) is 0.321. The highest BCUT2D eigenvalue weighted by molar-refractivity contribution is 5.92. The molecule has 0 saturated carbocycles. The maximum absolute atomic E-state index is 12.8. The number of nitrogens with one attached hydrogen (secondary N) is 3. The first kappa shape index (κ1) is 27.3. The first-order chi connectivity index (χ1) is 18.0. The third kappa shape index (κ3) is 7.36. The van der Waals surface area contributed by atoms with Gasteiger partial charge in [0.15, 0.2) is 6.04 Å². The van der Waals surface area contributed by atoms with E-state index in [1.165, 1.54) is 7.11 Å². The fourth-order valence-corrected chi connectivity index (χ4v) is 4.14. The minimum atomic E-state index is -0.952. The van der Waals surface area contributed by atoms with E-state index in [4.69, 9.17) is 20.4 Å². The molecule has 37 heavy (non-hydrogen) atoms. The molecule has 3 aromatic rings. The van der Waals surface area contributed by atoms with Crippen LogP contribution in [0.25, 0.3) is 10.8 Å². The number of hydrogen-bond acceptors (Lipinski definition) is 7. The number of alkyl carbamates (subject to hydrolysis) is 1. The Hall–Kier alpha value is -4.27. The summed E-state index contributed by atoms with van der Waals surface area (Å²) in [5.74, 6) is -0.795. The molecule has 2 atom stereocenters. The summed E-state index contributed by atoms with van der Waals surface area (Å²) in [6.07, 6.45) is 1.37. The van der Waals surface area contributed by atoms with E-state index in [1.807, 2.05) is 79.7 Å². The van der Waals surface area contributed by atoms with Crippen LogP contribution in [-0.2, 0) is 27.3 Å². The van der Waals surface area contributed by atoms with Crippen molar-refractivity contribution in [2.24, 2.45) is 5.22 Å². The maximum Gasteiger partial charge on any atom is 0.408 e. The Morgan fingerprint density at radius 2 is 1.76 bits per heavy atom. The van der Waals surface area contributed by atoms with Crippen molar-refractivity contribution in [1.29, 1.82) is 10.9 Å². The van der Waals surface area contributed by atoms with E-state index >= 15 is 0 Å². The molecular formula is C28H35N5O4. The van der Waals surface area contributed by atoms with Gasteiger partial charge < -0.3 is 14.8 Å². The van der Waals surface area contributed by atoms with Gasteiger partial charge in [-0.05, 0) is 28.3 Å². The molecule has 0 heterocycles. The van der Waals surface area contributed by atoms with Crippen LogP contribution in [0.1, 0.15) is 38.7 Å². The van der Waals surface area contributed by atoms with Crippen LogP contribution in [-0.4, -0.2) is 42.1 Å². The monoisotopic (exact) mass is 505 g/mol. The summed E-state index contributed by atoms with van der Waals surface area (Å²) in [5.41, 5.74) is 9.48. The number of amidine groups is 1. The molecule has 1 amide bonds. The fourth-order valence-electron chi connectivity index (χ4n) is 4.14. The molecule has 0 spiro atoms. The second kappa shape index (κ2) is 13.7. The average Bonchev–Trinajstić information content (AvgIpc) is 2.93. The number of carbonyl (C=O) groups excluding carboxylic acids is 2. The van der Waals surface area contributed by atoms with Crippen LogP contribution in [0.4, 0.5) is 4.79 Å². The van der Waals surface area contributed by atoms with Crippen molar-refractivity contribution in [3.63, 3.8) is 0 Å². The highest BCUT2D eigenvalue weighted by Gasteiger charge is 2.33. The van der Waals surface area contributed by atoms with Crippen LogP contribution in [0.2, 0.25) is 0 Å². The molecule has 3 rings (SSSR count). The van der Waals surface area contributed by atoms with E-state index in [9.17, 15) is 9.59 Å². The van der Waals surface area contributed by atoms with Gasteiger partial charge in [-0.2, -0.15) is 5.53 Å². The topological polar surface area (TPSA) is 128 Å². The van der Waals surface area contributed by atoms with Crippen molar-refractivity contribution in [1.82, 2.24) is 10.3 Å². The summed E-state index contributed by atoms with van der Waals surface area (Å²) in [6, 6.07) is 21.1. The normalized spacial score (nSPS) is 12.3. The third-order valence-corrected chi connectivity index (χ3v) is 6.09. The number of methoxy groups -OCH3 is 1. The van der Waals surface area contributed by atoms with E-state index in [0.717, 1.165) is 33.3 Å². The molecule has 3 aromatic carbocycles.